The molecule has 0 aliphatic rings. The molecule has 0 unspecified atom stereocenters. The lowest BCUT2D eigenvalue weighted by molar-refractivity contribution is 1.03. The molecule has 0 heterocycles. The molecule has 1 heteroatoms. The molecule has 0 spiro atoms. The van der Waals surface area contributed by atoms with Crippen molar-refractivity contribution in [2.45, 2.75) is 32.4 Å². The highest BCUT2D eigenvalue weighted by atomic mass is 32.2. The van der Waals surface area contributed by atoms with Crippen molar-refractivity contribution in [3.63, 3.8) is 0 Å². The van der Waals surface area contributed by atoms with Crippen LogP contribution in [-0.4, -0.2) is 6.26 Å². The van der Waals surface area contributed by atoms with Gasteiger partial charge in [0, 0.05) is 5.75 Å². The zero-order chi connectivity index (χ0) is 9.68. The molecule has 0 saturated heterocycles. The van der Waals surface area contributed by atoms with Crippen LogP contribution in [0.4, 0.5) is 0 Å². The molecule has 0 aliphatic carbocycles. The molecule has 13 heavy (non-hydrogen) atoms. The average Bonchev–Trinajstić information content (AvgIpc) is 2.18. The highest BCUT2D eigenvalue weighted by Gasteiger charge is 1.99. The molecule has 1 aromatic carbocycles. The van der Waals surface area contributed by atoms with Gasteiger partial charge in [-0.05, 0) is 35.8 Å². The van der Waals surface area contributed by atoms with Gasteiger partial charge in [0.2, 0.25) is 0 Å². The van der Waals surface area contributed by atoms with E-state index in [4.69, 9.17) is 0 Å². The Morgan fingerprint density at radius 1 is 1.08 bits per heavy atom. The Balaban J connectivity index is 2.91. The standard InChI is InChI=1S/C12H18S/c1-4-11-7-6-10(9-13-3)8-12(11)5-2/h6-8H,4-5,9H2,1-3H3. The Kier molecular flexibility index (Phi) is 4.37. The SMILES string of the molecule is CCc1ccc(CSC)cc1CC. The van der Waals surface area contributed by atoms with Gasteiger partial charge >= 0.3 is 0 Å². The summed E-state index contributed by atoms with van der Waals surface area (Å²) in [5.41, 5.74) is 4.49. The van der Waals surface area contributed by atoms with Gasteiger partial charge < -0.3 is 0 Å². The molecule has 1 aromatic rings. The quantitative estimate of drug-likeness (QED) is 0.704. The Morgan fingerprint density at radius 3 is 2.31 bits per heavy atom. The maximum atomic E-state index is 2.36. The summed E-state index contributed by atoms with van der Waals surface area (Å²) >= 11 is 1.89. The Bertz CT molecular complexity index is 266. The van der Waals surface area contributed by atoms with Crippen LogP contribution < -0.4 is 0 Å². The first kappa shape index (κ1) is 10.6. The minimum absolute atomic E-state index is 1.14. The van der Waals surface area contributed by atoms with E-state index in [-0.39, 0.29) is 0 Å². The highest BCUT2D eigenvalue weighted by molar-refractivity contribution is 7.97. The summed E-state index contributed by atoms with van der Waals surface area (Å²) in [7, 11) is 0. The van der Waals surface area contributed by atoms with Crippen molar-refractivity contribution in [3.05, 3.63) is 34.9 Å². The lowest BCUT2D eigenvalue weighted by Gasteiger charge is -2.07. The second-order valence-corrected chi connectivity index (χ2v) is 4.11. The zero-order valence-corrected chi connectivity index (χ0v) is 9.58. The Hall–Kier alpha value is -0.430. The topological polar surface area (TPSA) is 0 Å². The van der Waals surface area contributed by atoms with Gasteiger partial charge in [-0.15, -0.1) is 0 Å². The second-order valence-electron chi connectivity index (χ2n) is 3.24. The Labute approximate surface area is 85.7 Å². The van der Waals surface area contributed by atoms with Crippen LogP contribution in [-0.2, 0) is 18.6 Å². The van der Waals surface area contributed by atoms with Crippen molar-refractivity contribution in [1.82, 2.24) is 0 Å². The van der Waals surface area contributed by atoms with Gasteiger partial charge in [-0.2, -0.15) is 11.8 Å². The van der Waals surface area contributed by atoms with E-state index in [0.29, 0.717) is 0 Å². The first-order valence-electron chi connectivity index (χ1n) is 4.91. The maximum Gasteiger partial charge on any atom is 0.0181 e. The minimum Gasteiger partial charge on any atom is -0.161 e. The fourth-order valence-electron chi connectivity index (χ4n) is 1.61. The zero-order valence-electron chi connectivity index (χ0n) is 8.76. The van der Waals surface area contributed by atoms with E-state index >= 15 is 0 Å². The van der Waals surface area contributed by atoms with Gasteiger partial charge in [-0.3, -0.25) is 0 Å². The molecule has 72 valence electrons. The molecule has 1 rings (SSSR count). The summed E-state index contributed by atoms with van der Waals surface area (Å²) in [6.45, 7) is 4.46. The van der Waals surface area contributed by atoms with Crippen molar-refractivity contribution >= 4 is 11.8 Å². The van der Waals surface area contributed by atoms with Crippen molar-refractivity contribution < 1.29 is 0 Å². The van der Waals surface area contributed by atoms with Crippen molar-refractivity contribution in [1.29, 1.82) is 0 Å². The lowest BCUT2D eigenvalue weighted by Crippen LogP contribution is -1.92. The molecule has 0 aliphatic heterocycles. The summed E-state index contributed by atoms with van der Waals surface area (Å²) in [5, 5.41) is 0. The van der Waals surface area contributed by atoms with Crippen molar-refractivity contribution in [2.24, 2.45) is 0 Å². The molecular weight excluding hydrogens is 176 g/mol. The molecule has 0 nitrogen and oxygen atoms in total. The number of aryl methyl sites for hydroxylation is 2. The fourth-order valence-corrected chi connectivity index (χ4v) is 2.12. The van der Waals surface area contributed by atoms with Gasteiger partial charge in [-0.25, -0.2) is 0 Å². The van der Waals surface area contributed by atoms with E-state index in [2.05, 4.69) is 38.3 Å². The van der Waals surface area contributed by atoms with Crippen molar-refractivity contribution in [3.8, 4) is 0 Å². The normalized spacial score (nSPS) is 10.4. The van der Waals surface area contributed by atoms with Crippen LogP contribution in [0.2, 0.25) is 0 Å². The van der Waals surface area contributed by atoms with Gasteiger partial charge in [0.25, 0.3) is 0 Å². The summed E-state index contributed by atoms with van der Waals surface area (Å²) in [5.74, 6) is 1.14. The fraction of sp³-hybridized carbons (Fsp3) is 0.500. The summed E-state index contributed by atoms with van der Waals surface area (Å²) in [6.07, 6.45) is 4.47. The van der Waals surface area contributed by atoms with Crippen LogP contribution in [0.15, 0.2) is 18.2 Å². The predicted molar refractivity (Wildman–Crippen MR) is 62.4 cm³/mol. The molecule has 0 saturated carbocycles. The van der Waals surface area contributed by atoms with Gasteiger partial charge in [0.15, 0.2) is 0 Å². The maximum absolute atomic E-state index is 2.36. The Morgan fingerprint density at radius 2 is 1.77 bits per heavy atom. The van der Waals surface area contributed by atoms with E-state index < -0.39 is 0 Å². The smallest absolute Gasteiger partial charge is 0.0181 e. The molecule has 0 fully saturated rings. The van der Waals surface area contributed by atoms with Crippen molar-refractivity contribution in [2.75, 3.05) is 6.26 Å². The van der Waals surface area contributed by atoms with E-state index in [1.54, 1.807) is 0 Å². The van der Waals surface area contributed by atoms with E-state index in [9.17, 15) is 0 Å². The van der Waals surface area contributed by atoms with Crippen LogP contribution in [0.25, 0.3) is 0 Å². The third-order valence-electron chi connectivity index (χ3n) is 2.34. The molecule has 0 radical (unpaired) electrons. The molecule has 0 N–H and O–H groups in total. The third kappa shape index (κ3) is 2.77. The summed E-state index contributed by atoms with van der Waals surface area (Å²) in [6, 6.07) is 6.90. The number of thioether (sulfide) groups is 1. The largest absolute Gasteiger partial charge is 0.161 e. The third-order valence-corrected chi connectivity index (χ3v) is 2.97. The van der Waals surface area contributed by atoms with Crippen LogP contribution in [0.1, 0.15) is 30.5 Å². The van der Waals surface area contributed by atoms with Crippen LogP contribution >= 0.6 is 11.8 Å². The van der Waals surface area contributed by atoms with E-state index in [1.807, 2.05) is 11.8 Å². The van der Waals surface area contributed by atoms with Crippen LogP contribution in [0, 0.1) is 0 Å². The molecule has 0 amide bonds. The first-order chi connectivity index (χ1) is 6.31. The molecule has 0 bridgehead atoms. The number of benzene rings is 1. The van der Waals surface area contributed by atoms with Gasteiger partial charge in [0.1, 0.15) is 0 Å². The minimum atomic E-state index is 1.14. The average molecular weight is 194 g/mol. The summed E-state index contributed by atoms with van der Waals surface area (Å²) < 4.78 is 0. The van der Waals surface area contributed by atoms with Gasteiger partial charge in [-0.1, -0.05) is 32.0 Å². The van der Waals surface area contributed by atoms with Crippen LogP contribution in [0.5, 0.6) is 0 Å². The first-order valence-corrected chi connectivity index (χ1v) is 6.30. The summed E-state index contributed by atoms with van der Waals surface area (Å²) in [4.78, 5) is 0. The van der Waals surface area contributed by atoms with E-state index in [1.165, 1.54) is 16.7 Å². The van der Waals surface area contributed by atoms with Crippen LogP contribution in [0.3, 0.4) is 0 Å². The predicted octanol–water partition coefficient (Wildman–Crippen LogP) is 3.67. The molecule has 0 atom stereocenters. The lowest BCUT2D eigenvalue weighted by atomic mass is 10.0. The number of hydrogen-bond acceptors (Lipinski definition) is 1. The van der Waals surface area contributed by atoms with E-state index in [0.717, 1.165) is 18.6 Å². The number of hydrogen-bond donors (Lipinski definition) is 0. The highest BCUT2D eigenvalue weighted by Crippen LogP contribution is 2.16. The molecular formula is C12H18S. The molecule has 0 aromatic heterocycles. The second kappa shape index (κ2) is 5.33. The number of rotatable bonds is 4. The monoisotopic (exact) mass is 194 g/mol. The van der Waals surface area contributed by atoms with Gasteiger partial charge in [0.05, 0.1) is 0 Å².